The quantitative estimate of drug-likeness (QED) is 0.601. The van der Waals surface area contributed by atoms with Crippen molar-refractivity contribution < 1.29 is 9.59 Å². The van der Waals surface area contributed by atoms with Gasteiger partial charge in [-0.3, -0.25) is 9.59 Å². The Morgan fingerprint density at radius 2 is 1.63 bits per heavy atom. The summed E-state index contributed by atoms with van der Waals surface area (Å²) < 4.78 is 0. The first-order chi connectivity index (χ1) is 13.0. The van der Waals surface area contributed by atoms with E-state index in [0.29, 0.717) is 12.2 Å². The number of benzene rings is 2. The number of amides is 2. The van der Waals surface area contributed by atoms with Crippen molar-refractivity contribution >= 4 is 35.0 Å². The summed E-state index contributed by atoms with van der Waals surface area (Å²) in [5, 5.41) is 5.96. The van der Waals surface area contributed by atoms with Gasteiger partial charge in [0.05, 0.1) is 5.75 Å². The van der Waals surface area contributed by atoms with Gasteiger partial charge in [-0.15, -0.1) is 0 Å². The highest BCUT2D eigenvalue weighted by Crippen LogP contribution is 2.20. The van der Waals surface area contributed by atoms with Gasteiger partial charge >= 0.3 is 0 Å². The molecule has 0 radical (unpaired) electrons. The molecule has 0 aromatic heterocycles. The van der Waals surface area contributed by atoms with E-state index in [1.807, 2.05) is 56.3 Å². The maximum absolute atomic E-state index is 12.1. The Morgan fingerprint density at radius 3 is 2.33 bits per heavy atom. The summed E-state index contributed by atoms with van der Waals surface area (Å²) in [7, 11) is 0. The number of aryl methyl sites for hydroxylation is 3. The molecular formula is C22H28N2O2S. The van der Waals surface area contributed by atoms with Crippen LogP contribution in [0.2, 0.25) is 0 Å². The van der Waals surface area contributed by atoms with Crippen molar-refractivity contribution in [3.8, 4) is 0 Å². The molecule has 144 valence electrons. The van der Waals surface area contributed by atoms with E-state index in [0.717, 1.165) is 46.7 Å². The maximum Gasteiger partial charge on any atom is 0.234 e. The summed E-state index contributed by atoms with van der Waals surface area (Å²) in [6, 6.07) is 13.8. The summed E-state index contributed by atoms with van der Waals surface area (Å²) in [4.78, 5) is 24.2. The van der Waals surface area contributed by atoms with E-state index < -0.39 is 0 Å². The van der Waals surface area contributed by atoms with Gasteiger partial charge in [-0.1, -0.05) is 43.3 Å². The minimum Gasteiger partial charge on any atom is -0.326 e. The van der Waals surface area contributed by atoms with Gasteiger partial charge in [-0.05, 0) is 55.2 Å². The van der Waals surface area contributed by atoms with Gasteiger partial charge in [-0.2, -0.15) is 11.8 Å². The molecule has 0 atom stereocenters. The zero-order chi connectivity index (χ0) is 19.6. The fourth-order valence-corrected chi connectivity index (χ4v) is 3.60. The Kier molecular flexibility index (Phi) is 8.40. The number of rotatable bonds is 9. The second-order valence-corrected chi connectivity index (χ2v) is 7.64. The summed E-state index contributed by atoms with van der Waals surface area (Å²) >= 11 is 1.56. The van der Waals surface area contributed by atoms with Gasteiger partial charge < -0.3 is 10.6 Å². The van der Waals surface area contributed by atoms with E-state index in [2.05, 4.69) is 17.6 Å². The zero-order valence-electron chi connectivity index (χ0n) is 16.3. The maximum atomic E-state index is 12.1. The third-order valence-electron chi connectivity index (χ3n) is 4.34. The van der Waals surface area contributed by atoms with E-state index in [4.69, 9.17) is 0 Å². The van der Waals surface area contributed by atoms with Crippen molar-refractivity contribution in [1.82, 2.24) is 0 Å². The molecule has 2 rings (SSSR count). The third kappa shape index (κ3) is 6.75. The summed E-state index contributed by atoms with van der Waals surface area (Å²) in [6.07, 6.45) is 2.10. The van der Waals surface area contributed by atoms with Crippen LogP contribution >= 0.6 is 11.8 Å². The third-order valence-corrected chi connectivity index (χ3v) is 5.39. The highest BCUT2D eigenvalue weighted by molar-refractivity contribution is 7.99. The van der Waals surface area contributed by atoms with Crippen LogP contribution in [0.15, 0.2) is 42.5 Å². The Bertz CT molecular complexity index is 769. The molecule has 0 bridgehead atoms. The Balaban J connectivity index is 1.66. The van der Waals surface area contributed by atoms with Gasteiger partial charge in [0.25, 0.3) is 0 Å². The fraction of sp³-hybridized carbons (Fsp3) is 0.364. The summed E-state index contributed by atoms with van der Waals surface area (Å²) in [5.74, 6) is 1.20. The SMILES string of the molecule is CCc1ccccc1NC(=O)CSCCCC(=O)Nc1c(C)cccc1C. The standard InChI is InChI=1S/C22H28N2O2S/c1-4-18-11-5-6-12-19(18)23-21(26)15-27-14-8-13-20(25)24-22-16(2)9-7-10-17(22)3/h5-7,9-12H,4,8,13-15H2,1-3H3,(H,23,26)(H,24,25). The lowest BCUT2D eigenvalue weighted by Gasteiger charge is -2.11. The summed E-state index contributed by atoms with van der Waals surface area (Å²) in [6.45, 7) is 6.06. The molecule has 2 amide bonds. The number of nitrogens with one attached hydrogen (secondary N) is 2. The van der Waals surface area contributed by atoms with Gasteiger partial charge in [0, 0.05) is 17.8 Å². The predicted octanol–water partition coefficient (Wildman–Crippen LogP) is 4.96. The van der Waals surface area contributed by atoms with E-state index in [1.54, 1.807) is 11.8 Å². The highest BCUT2D eigenvalue weighted by Gasteiger charge is 2.08. The van der Waals surface area contributed by atoms with Crippen LogP contribution in [-0.2, 0) is 16.0 Å². The zero-order valence-corrected chi connectivity index (χ0v) is 17.1. The van der Waals surface area contributed by atoms with Crippen LogP contribution in [0.1, 0.15) is 36.5 Å². The highest BCUT2D eigenvalue weighted by atomic mass is 32.2. The van der Waals surface area contributed by atoms with Crippen LogP contribution in [0, 0.1) is 13.8 Å². The molecule has 5 heteroatoms. The number of hydrogen-bond acceptors (Lipinski definition) is 3. The average molecular weight is 385 g/mol. The largest absolute Gasteiger partial charge is 0.326 e. The lowest BCUT2D eigenvalue weighted by Crippen LogP contribution is -2.16. The molecular weight excluding hydrogens is 356 g/mol. The molecule has 0 saturated heterocycles. The van der Waals surface area contributed by atoms with Crippen molar-refractivity contribution in [3.63, 3.8) is 0 Å². The lowest BCUT2D eigenvalue weighted by atomic mass is 10.1. The first-order valence-corrected chi connectivity index (χ1v) is 10.5. The number of hydrogen-bond donors (Lipinski definition) is 2. The average Bonchev–Trinajstić information content (AvgIpc) is 2.65. The molecule has 27 heavy (non-hydrogen) atoms. The van der Waals surface area contributed by atoms with Crippen LogP contribution < -0.4 is 10.6 Å². The molecule has 0 spiro atoms. The van der Waals surface area contributed by atoms with E-state index in [1.165, 1.54) is 0 Å². The number of carbonyl (C=O) groups excluding carboxylic acids is 2. The van der Waals surface area contributed by atoms with Crippen molar-refractivity contribution in [3.05, 3.63) is 59.2 Å². The van der Waals surface area contributed by atoms with Gasteiger partial charge in [0.15, 0.2) is 0 Å². The second-order valence-electron chi connectivity index (χ2n) is 6.53. The van der Waals surface area contributed by atoms with E-state index in [-0.39, 0.29) is 11.8 Å². The molecule has 2 N–H and O–H groups in total. The molecule has 4 nitrogen and oxygen atoms in total. The minimum absolute atomic E-state index is 0.000821. The first kappa shape index (κ1) is 21.0. The molecule has 0 fully saturated rings. The van der Waals surface area contributed by atoms with Crippen LogP contribution in [0.3, 0.4) is 0 Å². The molecule has 0 saturated carbocycles. The molecule has 2 aromatic carbocycles. The molecule has 2 aromatic rings. The van der Waals surface area contributed by atoms with Crippen LogP contribution in [0.25, 0.3) is 0 Å². The van der Waals surface area contributed by atoms with Gasteiger partial charge in [0.1, 0.15) is 0 Å². The molecule has 0 unspecified atom stereocenters. The van der Waals surface area contributed by atoms with Crippen LogP contribution in [0.4, 0.5) is 11.4 Å². The van der Waals surface area contributed by atoms with Gasteiger partial charge in [0.2, 0.25) is 11.8 Å². The number of thioether (sulfide) groups is 1. The van der Waals surface area contributed by atoms with Crippen molar-refractivity contribution in [1.29, 1.82) is 0 Å². The topological polar surface area (TPSA) is 58.2 Å². The molecule has 0 aliphatic heterocycles. The van der Waals surface area contributed by atoms with Crippen LogP contribution in [-0.4, -0.2) is 23.3 Å². The molecule has 0 heterocycles. The van der Waals surface area contributed by atoms with Crippen molar-refractivity contribution in [2.45, 2.75) is 40.0 Å². The molecule has 0 aliphatic rings. The number of para-hydroxylation sites is 2. The minimum atomic E-state index is 0.000821. The normalized spacial score (nSPS) is 10.5. The number of anilines is 2. The second kappa shape index (κ2) is 10.8. The lowest BCUT2D eigenvalue weighted by molar-refractivity contribution is -0.116. The van der Waals surface area contributed by atoms with Gasteiger partial charge in [-0.25, -0.2) is 0 Å². The Labute approximate surface area is 166 Å². The van der Waals surface area contributed by atoms with Crippen LogP contribution in [0.5, 0.6) is 0 Å². The Hall–Kier alpha value is -2.27. The molecule has 0 aliphatic carbocycles. The monoisotopic (exact) mass is 384 g/mol. The van der Waals surface area contributed by atoms with Crippen molar-refractivity contribution in [2.24, 2.45) is 0 Å². The fourth-order valence-electron chi connectivity index (χ4n) is 2.85. The Morgan fingerprint density at radius 1 is 0.926 bits per heavy atom. The summed E-state index contributed by atoms with van der Waals surface area (Å²) in [5.41, 5.74) is 5.07. The first-order valence-electron chi connectivity index (χ1n) is 9.32. The van der Waals surface area contributed by atoms with E-state index in [9.17, 15) is 9.59 Å². The predicted molar refractivity (Wildman–Crippen MR) is 116 cm³/mol. The van der Waals surface area contributed by atoms with Crippen molar-refractivity contribution in [2.75, 3.05) is 22.1 Å². The number of carbonyl (C=O) groups is 2. The smallest absolute Gasteiger partial charge is 0.234 e. The van der Waals surface area contributed by atoms with E-state index >= 15 is 0 Å².